The Morgan fingerprint density at radius 3 is 2.53 bits per heavy atom. The van der Waals surface area contributed by atoms with Crippen molar-refractivity contribution < 1.29 is 4.92 Å². The van der Waals surface area contributed by atoms with E-state index < -0.39 is 0 Å². The maximum Gasteiger partial charge on any atom is 0.237 e. The number of hydrogen-bond acceptors (Lipinski definition) is 3. The van der Waals surface area contributed by atoms with Crippen LogP contribution in [-0.4, -0.2) is 4.92 Å². The van der Waals surface area contributed by atoms with Gasteiger partial charge in [-0.25, -0.2) is 0 Å². The van der Waals surface area contributed by atoms with Crippen LogP contribution in [0.25, 0.3) is 10.4 Å². The average molecular weight is 219 g/mol. The maximum atomic E-state index is 10.3. The zero-order valence-corrected chi connectivity index (χ0v) is 8.74. The smallest absolute Gasteiger partial charge is 0.237 e. The van der Waals surface area contributed by atoms with Crippen molar-refractivity contribution in [2.45, 2.75) is 6.54 Å². The Morgan fingerprint density at radius 2 is 1.87 bits per heavy atom. The molecular formula is C11H9NO2S. The van der Waals surface area contributed by atoms with Gasteiger partial charge >= 0.3 is 0 Å². The fourth-order valence-corrected chi connectivity index (χ4v) is 2.33. The molecule has 0 fully saturated rings. The Morgan fingerprint density at radius 1 is 1.13 bits per heavy atom. The Labute approximate surface area is 91.1 Å². The Kier molecular flexibility index (Phi) is 2.78. The summed E-state index contributed by atoms with van der Waals surface area (Å²) in [7, 11) is 0. The van der Waals surface area contributed by atoms with E-state index in [9.17, 15) is 10.1 Å². The molecule has 0 spiro atoms. The molecule has 0 aliphatic rings. The molecule has 0 saturated heterocycles. The molecular weight excluding hydrogens is 210 g/mol. The summed E-state index contributed by atoms with van der Waals surface area (Å²) in [6, 6.07) is 13.6. The summed E-state index contributed by atoms with van der Waals surface area (Å²) >= 11 is 1.47. The maximum absolute atomic E-state index is 10.3. The average Bonchev–Trinajstić information content (AvgIpc) is 2.67. The van der Waals surface area contributed by atoms with Crippen molar-refractivity contribution in [3.05, 3.63) is 57.5 Å². The highest BCUT2D eigenvalue weighted by atomic mass is 32.1. The molecule has 0 radical (unpaired) electrons. The molecule has 3 nitrogen and oxygen atoms in total. The second-order valence-electron chi connectivity index (χ2n) is 3.12. The standard InChI is InChI=1S/C11H9NO2S/c13-12(14)8-10-6-7-11(15-10)9-4-2-1-3-5-9/h1-7H,8H2. The number of rotatable bonds is 3. The van der Waals surface area contributed by atoms with E-state index in [1.807, 2.05) is 42.5 Å². The van der Waals surface area contributed by atoms with Gasteiger partial charge in [-0.2, -0.15) is 0 Å². The van der Waals surface area contributed by atoms with Gasteiger partial charge in [0.1, 0.15) is 0 Å². The molecule has 1 aromatic heterocycles. The molecule has 0 aliphatic heterocycles. The minimum Gasteiger partial charge on any atom is -0.264 e. The number of nitro groups is 1. The molecule has 2 aromatic rings. The van der Waals surface area contributed by atoms with Gasteiger partial charge in [-0.15, -0.1) is 11.3 Å². The van der Waals surface area contributed by atoms with E-state index in [2.05, 4.69) is 0 Å². The van der Waals surface area contributed by atoms with Crippen LogP contribution in [0.2, 0.25) is 0 Å². The zero-order valence-electron chi connectivity index (χ0n) is 7.92. The van der Waals surface area contributed by atoms with E-state index >= 15 is 0 Å². The number of nitrogens with zero attached hydrogens (tertiary/aromatic N) is 1. The Balaban J connectivity index is 2.24. The van der Waals surface area contributed by atoms with Crippen molar-refractivity contribution in [3.63, 3.8) is 0 Å². The third kappa shape index (κ3) is 2.41. The number of thiophene rings is 1. The molecule has 0 N–H and O–H groups in total. The van der Waals surface area contributed by atoms with Gasteiger partial charge in [-0.3, -0.25) is 10.1 Å². The molecule has 0 atom stereocenters. The van der Waals surface area contributed by atoms with Crippen LogP contribution in [0.5, 0.6) is 0 Å². The summed E-state index contributed by atoms with van der Waals surface area (Å²) in [6.45, 7) is -0.0858. The van der Waals surface area contributed by atoms with Crippen LogP contribution in [0.3, 0.4) is 0 Å². The second kappa shape index (κ2) is 4.23. The van der Waals surface area contributed by atoms with Gasteiger partial charge in [-0.1, -0.05) is 30.3 Å². The topological polar surface area (TPSA) is 43.1 Å². The van der Waals surface area contributed by atoms with Crippen molar-refractivity contribution in [1.29, 1.82) is 0 Å². The van der Waals surface area contributed by atoms with Crippen molar-refractivity contribution in [1.82, 2.24) is 0 Å². The predicted molar refractivity (Wildman–Crippen MR) is 60.5 cm³/mol. The molecule has 2 rings (SSSR count). The summed E-state index contributed by atoms with van der Waals surface area (Å²) in [5.41, 5.74) is 1.11. The van der Waals surface area contributed by atoms with Gasteiger partial charge in [0.15, 0.2) is 0 Å². The van der Waals surface area contributed by atoms with Gasteiger partial charge in [0.05, 0.1) is 4.88 Å². The monoisotopic (exact) mass is 219 g/mol. The highest BCUT2D eigenvalue weighted by Gasteiger charge is 2.06. The molecule has 0 saturated carbocycles. The highest BCUT2D eigenvalue weighted by molar-refractivity contribution is 7.15. The van der Waals surface area contributed by atoms with Crippen LogP contribution < -0.4 is 0 Å². The van der Waals surface area contributed by atoms with E-state index in [0.717, 1.165) is 15.3 Å². The minimum atomic E-state index is -0.305. The lowest BCUT2D eigenvalue weighted by molar-refractivity contribution is -0.496. The molecule has 0 bridgehead atoms. The SMILES string of the molecule is O=[N+]([O-])Cc1ccc(-c2ccccc2)s1. The number of hydrogen-bond donors (Lipinski definition) is 0. The first-order valence-corrected chi connectivity index (χ1v) is 5.33. The van der Waals surface area contributed by atoms with Gasteiger partial charge in [0.25, 0.3) is 0 Å². The summed E-state index contributed by atoms with van der Waals surface area (Å²) in [6.07, 6.45) is 0. The lowest BCUT2D eigenvalue weighted by Gasteiger charge is -1.94. The van der Waals surface area contributed by atoms with Gasteiger partial charge in [0.2, 0.25) is 6.54 Å². The zero-order chi connectivity index (χ0) is 10.7. The third-order valence-corrected chi connectivity index (χ3v) is 3.12. The highest BCUT2D eigenvalue weighted by Crippen LogP contribution is 2.27. The first-order valence-electron chi connectivity index (χ1n) is 4.51. The van der Waals surface area contributed by atoms with Crippen LogP contribution >= 0.6 is 11.3 Å². The molecule has 15 heavy (non-hydrogen) atoms. The lowest BCUT2D eigenvalue weighted by atomic mass is 10.2. The van der Waals surface area contributed by atoms with Crippen molar-refractivity contribution in [2.24, 2.45) is 0 Å². The largest absolute Gasteiger partial charge is 0.264 e. The van der Waals surface area contributed by atoms with Crippen LogP contribution in [0.4, 0.5) is 0 Å². The summed E-state index contributed by atoms with van der Waals surface area (Å²) < 4.78 is 0. The second-order valence-corrected chi connectivity index (χ2v) is 4.29. The molecule has 1 aromatic carbocycles. The van der Waals surface area contributed by atoms with Gasteiger partial charge in [-0.05, 0) is 17.7 Å². The predicted octanol–water partition coefficient (Wildman–Crippen LogP) is 3.19. The quantitative estimate of drug-likeness (QED) is 0.587. The van der Waals surface area contributed by atoms with Crippen LogP contribution in [0.15, 0.2) is 42.5 Å². The summed E-state index contributed by atoms with van der Waals surface area (Å²) in [4.78, 5) is 11.9. The van der Waals surface area contributed by atoms with Gasteiger partial charge < -0.3 is 0 Å². The molecule has 0 aliphatic carbocycles. The molecule has 4 heteroatoms. The fourth-order valence-electron chi connectivity index (χ4n) is 1.35. The van der Waals surface area contributed by atoms with Crippen molar-refractivity contribution >= 4 is 11.3 Å². The summed E-state index contributed by atoms with van der Waals surface area (Å²) in [5.74, 6) is 0. The lowest BCUT2D eigenvalue weighted by Crippen LogP contribution is -1.94. The van der Waals surface area contributed by atoms with Crippen molar-refractivity contribution in [2.75, 3.05) is 0 Å². The van der Waals surface area contributed by atoms with Crippen LogP contribution in [-0.2, 0) is 6.54 Å². The van der Waals surface area contributed by atoms with E-state index in [1.54, 1.807) is 0 Å². The van der Waals surface area contributed by atoms with Crippen molar-refractivity contribution in [3.8, 4) is 10.4 Å². The molecule has 76 valence electrons. The summed E-state index contributed by atoms with van der Waals surface area (Å²) in [5, 5.41) is 10.3. The van der Waals surface area contributed by atoms with E-state index in [0.29, 0.717) is 0 Å². The Bertz CT molecular complexity index is 464. The van der Waals surface area contributed by atoms with E-state index in [4.69, 9.17) is 0 Å². The third-order valence-electron chi connectivity index (χ3n) is 2.00. The Hall–Kier alpha value is -1.68. The molecule has 0 amide bonds. The van der Waals surface area contributed by atoms with Gasteiger partial charge in [0, 0.05) is 9.80 Å². The molecule has 1 heterocycles. The van der Waals surface area contributed by atoms with E-state index in [-0.39, 0.29) is 11.5 Å². The molecule has 0 unspecified atom stereocenters. The van der Waals surface area contributed by atoms with E-state index in [1.165, 1.54) is 11.3 Å². The fraction of sp³-hybridized carbons (Fsp3) is 0.0909. The first-order chi connectivity index (χ1) is 7.25. The minimum absolute atomic E-state index is 0.0858. The normalized spacial score (nSPS) is 10.1. The first kappa shape index (κ1) is 9.86. The van der Waals surface area contributed by atoms with Crippen LogP contribution in [0, 0.1) is 10.1 Å². The van der Waals surface area contributed by atoms with Crippen LogP contribution in [0.1, 0.15) is 4.88 Å². The number of benzene rings is 1.